The molecule has 0 radical (unpaired) electrons. The third-order valence-electron chi connectivity index (χ3n) is 3.73. The molecule has 1 aromatic heterocycles. The minimum absolute atomic E-state index is 0.114. The fourth-order valence-corrected chi connectivity index (χ4v) is 4.62. The summed E-state index contributed by atoms with van der Waals surface area (Å²) in [5.41, 5.74) is 1.62. The third-order valence-corrected chi connectivity index (χ3v) is 6.14. The largest absolute Gasteiger partial charge is 0.293 e. The van der Waals surface area contributed by atoms with Crippen LogP contribution >= 0.6 is 34.7 Å². The van der Waals surface area contributed by atoms with E-state index in [1.165, 1.54) is 11.8 Å². The Labute approximate surface area is 152 Å². The van der Waals surface area contributed by atoms with E-state index in [9.17, 15) is 4.79 Å². The number of hydrogen-bond acceptors (Lipinski definition) is 4. The molecule has 118 valence electrons. The van der Waals surface area contributed by atoms with Crippen molar-refractivity contribution < 1.29 is 4.79 Å². The molecule has 0 saturated heterocycles. The van der Waals surface area contributed by atoms with Crippen molar-refractivity contribution in [3.05, 3.63) is 71.2 Å². The first-order chi connectivity index (χ1) is 11.7. The summed E-state index contributed by atoms with van der Waals surface area (Å²) in [7, 11) is 0. The van der Waals surface area contributed by atoms with E-state index in [-0.39, 0.29) is 5.78 Å². The number of carbonyl (C=O) groups is 1. The van der Waals surface area contributed by atoms with Crippen molar-refractivity contribution in [3.63, 3.8) is 0 Å². The topological polar surface area (TPSA) is 30.0 Å². The van der Waals surface area contributed by atoms with Crippen LogP contribution in [0.25, 0.3) is 21.0 Å². The van der Waals surface area contributed by atoms with E-state index in [1.54, 1.807) is 11.3 Å². The number of rotatable bonds is 4. The van der Waals surface area contributed by atoms with Crippen LogP contribution in [0.4, 0.5) is 0 Å². The number of nitrogens with zero attached hydrogens (tertiary/aromatic N) is 1. The lowest BCUT2D eigenvalue weighted by Gasteiger charge is -2.02. The molecule has 5 heteroatoms. The summed E-state index contributed by atoms with van der Waals surface area (Å²) in [5, 5.41) is 2.91. The number of thiazole rings is 1. The molecule has 0 saturated carbocycles. The Morgan fingerprint density at radius 3 is 2.75 bits per heavy atom. The fourth-order valence-electron chi connectivity index (χ4n) is 2.51. The van der Waals surface area contributed by atoms with Gasteiger partial charge in [0.25, 0.3) is 0 Å². The predicted molar refractivity (Wildman–Crippen MR) is 104 cm³/mol. The van der Waals surface area contributed by atoms with E-state index in [2.05, 4.69) is 4.98 Å². The maximum Gasteiger partial charge on any atom is 0.173 e. The normalized spacial score (nSPS) is 11.2. The highest BCUT2D eigenvalue weighted by atomic mass is 35.5. The molecule has 24 heavy (non-hydrogen) atoms. The maximum absolute atomic E-state index is 12.5. The average molecular weight is 370 g/mol. The molecule has 0 amide bonds. The first-order valence-corrected chi connectivity index (χ1v) is 9.58. The fraction of sp³-hybridized carbons (Fsp3) is 0.0526. The van der Waals surface area contributed by atoms with Crippen molar-refractivity contribution in [1.29, 1.82) is 0 Å². The summed E-state index contributed by atoms with van der Waals surface area (Å²) in [6.07, 6.45) is 0. The smallest absolute Gasteiger partial charge is 0.173 e. The van der Waals surface area contributed by atoms with Gasteiger partial charge in [0.05, 0.1) is 16.0 Å². The van der Waals surface area contributed by atoms with Crippen molar-refractivity contribution in [2.24, 2.45) is 0 Å². The lowest BCUT2D eigenvalue weighted by Crippen LogP contribution is -2.01. The van der Waals surface area contributed by atoms with E-state index in [0.29, 0.717) is 10.8 Å². The van der Waals surface area contributed by atoms with Gasteiger partial charge in [-0.25, -0.2) is 4.98 Å². The Bertz CT molecular complexity index is 1060. The van der Waals surface area contributed by atoms with Gasteiger partial charge in [-0.1, -0.05) is 59.8 Å². The number of fused-ring (bicyclic) bond motifs is 2. The van der Waals surface area contributed by atoms with Crippen LogP contribution in [-0.4, -0.2) is 16.5 Å². The molecular weight excluding hydrogens is 358 g/mol. The zero-order chi connectivity index (χ0) is 16.5. The molecule has 0 spiro atoms. The molecule has 0 aliphatic carbocycles. The number of Topliss-reactive ketones (excluding diaryl/α,β-unsaturated/α-hetero) is 1. The van der Waals surface area contributed by atoms with Gasteiger partial charge in [0.15, 0.2) is 10.1 Å². The van der Waals surface area contributed by atoms with Crippen LogP contribution in [0, 0.1) is 0 Å². The third kappa shape index (κ3) is 3.18. The first kappa shape index (κ1) is 15.6. The van der Waals surface area contributed by atoms with Crippen LogP contribution in [0.15, 0.2) is 65.0 Å². The Morgan fingerprint density at radius 1 is 1.04 bits per heavy atom. The molecule has 0 N–H and O–H groups in total. The highest BCUT2D eigenvalue weighted by Gasteiger charge is 2.10. The van der Waals surface area contributed by atoms with Crippen LogP contribution in [0.2, 0.25) is 5.02 Å². The van der Waals surface area contributed by atoms with E-state index >= 15 is 0 Å². The van der Waals surface area contributed by atoms with Crippen LogP contribution in [0.5, 0.6) is 0 Å². The number of halogens is 1. The molecule has 4 aromatic rings. The van der Waals surface area contributed by atoms with Crippen molar-refractivity contribution >= 4 is 61.5 Å². The lowest BCUT2D eigenvalue weighted by molar-refractivity contribution is 0.102. The molecule has 0 fully saturated rings. The Hall–Kier alpha value is -1.88. The van der Waals surface area contributed by atoms with Gasteiger partial charge < -0.3 is 0 Å². The van der Waals surface area contributed by atoms with E-state index in [4.69, 9.17) is 11.6 Å². The number of ketones is 1. The second-order valence-corrected chi connectivity index (χ2v) is 8.06. The van der Waals surface area contributed by atoms with E-state index in [1.807, 2.05) is 60.7 Å². The van der Waals surface area contributed by atoms with E-state index in [0.717, 1.165) is 30.9 Å². The molecule has 0 unspecified atom stereocenters. The Balaban J connectivity index is 1.52. The van der Waals surface area contributed by atoms with Gasteiger partial charge in [-0.3, -0.25) is 4.79 Å². The van der Waals surface area contributed by atoms with Gasteiger partial charge in [0, 0.05) is 10.6 Å². The van der Waals surface area contributed by atoms with Crippen molar-refractivity contribution in [2.75, 3.05) is 5.75 Å². The van der Waals surface area contributed by atoms with Crippen molar-refractivity contribution in [1.82, 2.24) is 4.98 Å². The summed E-state index contributed by atoms with van der Waals surface area (Å²) in [6, 6.07) is 19.6. The standard InChI is InChI=1S/C19H12ClNOS2/c20-15-7-8-18-16(10-15)21-19(24-18)23-11-17(22)14-6-5-12-3-1-2-4-13(12)9-14/h1-10H,11H2. The summed E-state index contributed by atoms with van der Waals surface area (Å²) >= 11 is 9.05. The van der Waals surface area contributed by atoms with Crippen LogP contribution in [0.3, 0.4) is 0 Å². The molecule has 0 aliphatic rings. The number of aromatic nitrogens is 1. The second kappa shape index (κ2) is 6.55. The number of carbonyl (C=O) groups excluding carboxylic acids is 1. The number of hydrogen-bond donors (Lipinski definition) is 0. The zero-order valence-electron chi connectivity index (χ0n) is 12.5. The average Bonchev–Trinajstić information content (AvgIpc) is 3.01. The summed E-state index contributed by atoms with van der Waals surface area (Å²) in [4.78, 5) is 17.0. The van der Waals surface area contributed by atoms with Gasteiger partial charge in [0.1, 0.15) is 0 Å². The summed E-state index contributed by atoms with van der Waals surface area (Å²) in [6.45, 7) is 0. The molecule has 3 aromatic carbocycles. The van der Waals surface area contributed by atoms with Crippen molar-refractivity contribution in [3.8, 4) is 0 Å². The molecule has 2 nitrogen and oxygen atoms in total. The molecule has 1 heterocycles. The number of benzene rings is 3. The van der Waals surface area contributed by atoms with E-state index < -0.39 is 0 Å². The lowest BCUT2D eigenvalue weighted by atomic mass is 10.1. The maximum atomic E-state index is 12.5. The molecule has 0 aliphatic heterocycles. The highest BCUT2D eigenvalue weighted by Crippen LogP contribution is 2.31. The SMILES string of the molecule is O=C(CSc1nc2cc(Cl)ccc2s1)c1ccc2ccccc2c1. The highest BCUT2D eigenvalue weighted by molar-refractivity contribution is 8.01. The van der Waals surface area contributed by atoms with Crippen LogP contribution in [-0.2, 0) is 0 Å². The Kier molecular flexibility index (Phi) is 4.27. The van der Waals surface area contributed by atoms with Crippen LogP contribution < -0.4 is 0 Å². The minimum atomic E-state index is 0.114. The first-order valence-electron chi connectivity index (χ1n) is 7.40. The summed E-state index contributed by atoms with van der Waals surface area (Å²) in [5.74, 6) is 0.495. The van der Waals surface area contributed by atoms with Gasteiger partial charge in [-0.15, -0.1) is 11.3 Å². The van der Waals surface area contributed by atoms with Crippen LogP contribution in [0.1, 0.15) is 10.4 Å². The predicted octanol–water partition coefficient (Wildman–Crippen LogP) is 6.08. The monoisotopic (exact) mass is 369 g/mol. The number of thioether (sulfide) groups is 1. The molecule has 0 bridgehead atoms. The van der Waals surface area contributed by atoms with Crippen molar-refractivity contribution in [2.45, 2.75) is 4.34 Å². The molecule has 4 rings (SSSR count). The zero-order valence-corrected chi connectivity index (χ0v) is 14.9. The minimum Gasteiger partial charge on any atom is -0.293 e. The molecule has 0 atom stereocenters. The van der Waals surface area contributed by atoms with Gasteiger partial charge in [-0.2, -0.15) is 0 Å². The second-order valence-electron chi connectivity index (χ2n) is 5.37. The quantitative estimate of drug-likeness (QED) is 0.322. The summed E-state index contributed by atoms with van der Waals surface area (Å²) < 4.78 is 1.97. The Morgan fingerprint density at radius 2 is 1.88 bits per heavy atom. The van der Waals surface area contributed by atoms with Gasteiger partial charge in [0.2, 0.25) is 0 Å². The van der Waals surface area contributed by atoms with Gasteiger partial charge >= 0.3 is 0 Å². The molecular formula is C19H12ClNOS2. The van der Waals surface area contributed by atoms with Gasteiger partial charge in [-0.05, 0) is 35.0 Å².